The van der Waals surface area contributed by atoms with Crippen molar-refractivity contribution < 1.29 is 17.6 Å². The molecule has 0 atom stereocenters. The molecule has 1 N–H and O–H groups in total. The van der Waals surface area contributed by atoms with Crippen LogP contribution in [0.2, 0.25) is 5.02 Å². The molecule has 0 radical (unpaired) electrons. The molecule has 0 unspecified atom stereocenters. The van der Waals surface area contributed by atoms with Gasteiger partial charge in [-0.1, -0.05) is 17.7 Å². The number of nitrogens with one attached hydrogen (secondary N) is 1. The lowest BCUT2D eigenvalue weighted by Gasteiger charge is -2.20. The van der Waals surface area contributed by atoms with Gasteiger partial charge >= 0.3 is 0 Å². The van der Waals surface area contributed by atoms with Crippen molar-refractivity contribution in [2.75, 3.05) is 13.1 Å². The van der Waals surface area contributed by atoms with Gasteiger partial charge in [0.2, 0.25) is 15.9 Å². The smallest absolute Gasteiger partial charge is 0.240 e. The zero-order valence-corrected chi connectivity index (χ0v) is 15.5. The molecule has 2 rings (SSSR count). The molecule has 0 saturated carbocycles. The molecular formula is C17H18ClN3O4S. The predicted molar refractivity (Wildman–Crippen MR) is 95.6 cm³/mol. The number of furan rings is 1. The Morgan fingerprint density at radius 3 is 2.77 bits per heavy atom. The van der Waals surface area contributed by atoms with Gasteiger partial charge in [0.25, 0.3) is 0 Å². The number of rotatable bonds is 9. The molecule has 9 heteroatoms. The Hall–Kier alpha value is -2.34. The number of amides is 1. The highest BCUT2D eigenvalue weighted by Gasteiger charge is 2.18. The Balaban J connectivity index is 1.93. The normalized spacial score (nSPS) is 11.1. The largest absolute Gasteiger partial charge is 0.467 e. The van der Waals surface area contributed by atoms with E-state index in [4.69, 9.17) is 21.3 Å². The van der Waals surface area contributed by atoms with Crippen molar-refractivity contribution in [3.63, 3.8) is 0 Å². The summed E-state index contributed by atoms with van der Waals surface area (Å²) in [6.07, 6.45) is 1.65. The highest BCUT2D eigenvalue weighted by Crippen LogP contribution is 2.15. The van der Waals surface area contributed by atoms with Gasteiger partial charge in [-0.15, -0.1) is 0 Å². The van der Waals surface area contributed by atoms with Crippen LogP contribution >= 0.6 is 11.6 Å². The summed E-state index contributed by atoms with van der Waals surface area (Å²) in [6.45, 7) is 0.417. The van der Waals surface area contributed by atoms with Crippen LogP contribution in [0.3, 0.4) is 0 Å². The van der Waals surface area contributed by atoms with Crippen LogP contribution < -0.4 is 4.72 Å². The van der Waals surface area contributed by atoms with Gasteiger partial charge in [0.05, 0.1) is 30.2 Å². The minimum Gasteiger partial charge on any atom is -0.467 e. The molecule has 0 fully saturated rings. The molecule has 138 valence electrons. The number of carbonyl (C=O) groups is 1. The summed E-state index contributed by atoms with van der Waals surface area (Å²) in [6, 6.07) is 11.3. The predicted octanol–water partition coefficient (Wildman–Crippen LogP) is 2.54. The maximum Gasteiger partial charge on any atom is 0.240 e. The Labute approximate surface area is 157 Å². The fourth-order valence-electron chi connectivity index (χ4n) is 2.24. The van der Waals surface area contributed by atoms with E-state index in [1.165, 1.54) is 29.4 Å². The number of hydrogen-bond donors (Lipinski definition) is 1. The Bertz CT molecular complexity index is 876. The van der Waals surface area contributed by atoms with E-state index >= 15 is 0 Å². The van der Waals surface area contributed by atoms with Gasteiger partial charge in [-0.25, -0.2) is 13.1 Å². The van der Waals surface area contributed by atoms with Crippen LogP contribution in [0.1, 0.15) is 18.6 Å². The fourth-order valence-corrected chi connectivity index (χ4v) is 3.57. The van der Waals surface area contributed by atoms with Gasteiger partial charge < -0.3 is 9.32 Å². The van der Waals surface area contributed by atoms with Crippen LogP contribution in [0.5, 0.6) is 0 Å². The first-order chi connectivity index (χ1) is 12.4. The lowest BCUT2D eigenvalue weighted by molar-refractivity contribution is -0.131. The molecule has 1 aromatic heterocycles. The molecule has 7 nitrogen and oxygen atoms in total. The zero-order chi connectivity index (χ0) is 19.0. The van der Waals surface area contributed by atoms with E-state index in [-0.39, 0.29) is 43.3 Å². The first-order valence-corrected chi connectivity index (χ1v) is 9.71. The van der Waals surface area contributed by atoms with Gasteiger partial charge in [0.1, 0.15) is 5.76 Å². The Kier molecular flexibility index (Phi) is 7.21. The number of benzene rings is 1. The third-order valence-corrected chi connectivity index (χ3v) is 5.20. The quantitative estimate of drug-likeness (QED) is 0.702. The fraction of sp³-hybridized carbons (Fsp3) is 0.294. The zero-order valence-electron chi connectivity index (χ0n) is 13.9. The van der Waals surface area contributed by atoms with E-state index in [1.54, 1.807) is 18.2 Å². The first-order valence-electron chi connectivity index (χ1n) is 7.85. The van der Waals surface area contributed by atoms with Crippen LogP contribution in [0.25, 0.3) is 0 Å². The summed E-state index contributed by atoms with van der Waals surface area (Å²) < 4.78 is 32.0. The maximum atomic E-state index is 12.4. The number of hydrogen-bond acceptors (Lipinski definition) is 5. The van der Waals surface area contributed by atoms with Crippen molar-refractivity contribution in [1.82, 2.24) is 9.62 Å². The monoisotopic (exact) mass is 395 g/mol. The van der Waals surface area contributed by atoms with Crippen LogP contribution in [0.15, 0.2) is 52.0 Å². The summed E-state index contributed by atoms with van der Waals surface area (Å²) in [5.74, 6) is 0.321. The van der Waals surface area contributed by atoms with Gasteiger partial charge in [0.15, 0.2) is 0 Å². The van der Waals surface area contributed by atoms with E-state index in [0.29, 0.717) is 10.8 Å². The van der Waals surface area contributed by atoms with E-state index in [0.717, 1.165) is 0 Å². The summed E-state index contributed by atoms with van der Waals surface area (Å²) >= 11 is 5.80. The lowest BCUT2D eigenvalue weighted by atomic mass is 10.3. The molecule has 0 saturated heterocycles. The first kappa shape index (κ1) is 20.0. The van der Waals surface area contributed by atoms with Crippen molar-refractivity contribution in [2.24, 2.45) is 0 Å². The molecule has 0 aliphatic heterocycles. The van der Waals surface area contributed by atoms with Gasteiger partial charge in [-0.2, -0.15) is 5.26 Å². The molecule has 0 aliphatic carbocycles. The molecule has 1 amide bonds. The molecule has 1 aromatic carbocycles. The Morgan fingerprint density at radius 2 is 2.12 bits per heavy atom. The number of nitrogens with zero attached hydrogens (tertiary/aromatic N) is 2. The van der Waals surface area contributed by atoms with E-state index in [9.17, 15) is 13.2 Å². The van der Waals surface area contributed by atoms with E-state index in [1.807, 2.05) is 6.07 Å². The standard InChI is InChI=1S/C17H18ClN3O4S/c18-14-4-1-6-16(12-14)26(23,24)20-9-7-17(22)21(10-3-8-19)13-15-5-2-11-25-15/h1-2,4-6,11-12,20H,3,7,9-10,13H2. The summed E-state index contributed by atoms with van der Waals surface area (Å²) in [7, 11) is -3.75. The van der Waals surface area contributed by atoms with E-state index < -0.39 is 10.0 Å². The summed E-state index contributed by atoms with van der Waals surface area (Å²) in [5.41, 5.74) is 0. The molecule has 1 heterocycles. The summed E-state index contributed by atoms with van der Waals surface area (Å²) in [5, 5.41) is 9.05. The molecular weight excluding hydrogens is 378 g/mol. The van der Waals surface area contributed by atoms with Gasteiger partial charge in [-0.05, 0) is 30.3 Å². The maximum absolute atomic E-state index is 12.4. The van der Waals surface area contributed by atoms with Crippen molar-refractivity contribution in [3.05, 3.63) is 53.4 Å². The van der Waals surface area contributed by atoms with Crippen LogP contribution in [0, 0.1) is 11.3 Å². The minimum atomic E-state index is -3.75. The number of nitriles is 1. The molecule has 2 aromatic rings. The topological polar surface area (TPSA) is 103 Å². The Morgan fingerprint density at radius 1 is 1.31 bits per heavy atom. The average molecular weight is 396 g/mol. The van der Waals surface area contributed by atoms with Crippen molar-refractivity contribution in [2.45, 2.75) is 24.3 Å². The highest BCUT2D eigenvalue weighted by molar-refractivity contribution is 7.89. The second-order valence-electron chi connectivity index (χ2n) is 5.41. The average Bonchev–Trinajstić information content (AvgIpc) is 3.11. The third kappa shape index (κ3) is 5.88. The number of sulfonamides is 1. The van der Waals surface area contributed by atoms with Crippen LogP contribution in [-0.4, -0.2) is 32.3 Å². The second kappa shape index (κ2) is 9.38. The third-order valence-electron chi connectivity index (χ3n) is 3.51. The second-order valence-corrected chi connectivity index (χ2v) is 7.61. The van der Waals surface area contributed by atoms with Crippen molar-refractivity contribution in [3.8, 4) is 6.07 Å². The molecule has 0 aliphatic rings. The van der Waals surface area contributed by atoms with Crippen molar-refractivity contribution in [1.29, 1.82) is 5.26 Å². The highest BCUT2D eigenvalue weighted by atomic mass is 35.5. The van der Waals surface area contributed by atoms with Gasteiger partial charge in [0, 0.05) is 24.5 Å². The number of carbonyl (C=O) groups excluding carboxylic acids is 1. The van der Waals surface area contributed by atoms with Gasteiger partial charge in [-0.3, -0.25) is 4.79 Å². The summed E-state index contributed by atoms with van der Waals surface area (Å²) in [4.78, 5) is 13.9. The lowest BCUT2D eigenvalue weighted by Crippen LogP contribution is -2.34. The minimum absolute atomic E-state index is 0.0358. The number of halogens is 1. The SMILES string of the molecule is N#CCCN(Cc1ccco1)C(=O)CCNS(=O)(=O)c1cccc(Cl)c1. The molecule has 0 spiro atoms. The van der Waals surface area contributed by atoms with Crippen molar-refractivity contribution >= 4 is 27.5 Å². The van der Waals surface area contributed by atoms with Crippen LogP contribution in [-0.2, 0) is 21.4 Å². The van der Waals surface area contributed by atoms with Crippen LogP contribution in [0.4, 0.5) is 0 Å². The van der Waals surface area contributed by atoms with E-state index in [2.05, 4.69) is 4.72 Å². The molecule has 26 heavy (non-hydrogen) atoms. The molecule has 0 bridgehead atoms.